The van der Waals surface area contributed by atoms with Gasteiger partial charge in [0.15, 0.2) is 11.0 Å². The third-order valence-corrected chi connectivity index (χ3v) is 4.11. The summed E-state index contributed by atoms with van der Waals surface area (Å²) in [5.41, 5.74) is 0.854. The molecule has 0 bridgehead atoms. The number of ether oxygens (including phenoxy) is 1. The first-order valence-electron chi connectivity index (χ1n) is 6.00. The molecule has 1 heterocycles. The van der Waals surface area contributed by atoms with Crippen LogP contribution in [-0.4, -0.2) is 27.9 Å². The molecule has 20 heavy (non-hydrogen) atoms. The van der Waals surface area contributed by atoms with Gasteiger partial charge in [-0.1, -0.05) is 30.3 Å². The van der Waals surface area contributed by atoms with Gasteiger partial charge in [-0.3, -0.25) is 0 Å². The Labute approximate surface area is 125 Å². The van der Waals surface area contributed by atoms with Gasteiger partial charge in [0.25, 0.3) is 0 Å². The molecule has 0 unspecified atom stereocenters. The summed E-state index contributed by atoms with van der Waals surface area (Å²) in [6.45, 7) is 3.64. The number of thioether (sulfide) groups is 1. The van der Waals surface area contributed by atoms with Crippen molar-refractivity contribution in [1.82, 2.24) is 9.97 Å². The molecular formula is C13H14ClFN2O2S. The van der Waals surface area contributed by atoms with Crippen LogP contribution in [0, 0.1) is 12.7 Å². The SMILES string of the molecule is CCSc1nc(O)c2c(COC)c(Cl)c(C)c(F)c2n1. The Balaban J connectivity index is 2.85. The average molecular weight is 317 g/mol. The van der Waals surface area contributed by atoms with E-state index in [0.29, 0.717) is 10.7 Å². The van der Waals surface area contributed by atoms with E-state index < -0.39 is 5.82 Å². The Morgan fingerprint density at radius 2 is 2.10 bits per heavy atom. The fourth-order valence-electron chi connectivity index (χ4n) is 1.95. The van der Waals surface area contributed by atoms with Gasteiger partial charge in [-0.2, -0.15) is 4.98 Å². The number of rotatable bonds is 4. The molecule has 0 aliphatic rings. The summed E-state index contributed by atoms with van der Waals surface area (Å²) >= 11 is 7.47. The minimum Gasteiger partial charge on any atom is -0.493 e. The fraction of sp³-hybridized carbons (Fsp3) is 0.385. The summed E-state index contributed by atoms with van der Waals surface area (Å²) in [6.07, 6.45) is 0. The maximum Gasteiger partial charge on any atom is 0.223 e. The van der Waals surface area contributed by atoms with Crippen LogP contribution in [0.4, 0.5) is 4.39 Å². The van der Waals surface area contributed by atoms with Crippen LogP contribution in [0.3, 0.4) is 0 Å². The third kappa shape index (κ3) is 2.55. The molecule has 0 spiro atoms. The Bertz CT molecular complexity index is 667. The molecule has 2 aromatic rings. The standard InChI is InChI=1S/C13H14ClFN2O2S/c1-4-20-13-16-11-8(12(18)17-13)7(5-19-3)9(14)6(2)10(11)15/h4-5H2,1-3H3,(H,16,17,18). The van der Waals surface area contributed by atoms with Crippen LogP contribution >= 0.6 is 23.4 Å². The van der Waals surface area contributed by atoms with Crippen LogP contribution in [0.5, 0.6) is 5.88 Å². The number of methoxy groups -OCH3 is 1. The molecule has 1 aromatic carbocycles. The molecule has 1 N–H and O–H groups in total. The molecule has 7 heteroatoms. The zero-order chi connectivity index (χ0) is 14.9. The van der Waals surface area contributed by atoms with Crippen molar-refractivity contribution >= 4 is 34.3 Å². The summed E-state index contributed by atoms with van der Waals surface area (Å²) < 4.78 is 19.4. The first-order chi connectivity index (χ1) is 9.51. The molecular weight excluding hydrogens is 303 g/mol. The highest BCUT2D eigenvalue weighted by Crippen LogP contribution is 2.37. The van der Waals surface area contributed by atoms with Gasteiger partial charge in [0.2, 0.25) is 5.88 Å². The van der Waals surface area contributed by atoms with Crippen molar-refractivity contribution in [2.75, 3.05) is 12.9 Å². The summed E-state index contributed by atoms with van der Waals surface area (Å²) in [4.78, 5) is 8.15. The summed E-state index contributed by atoms with van der Waals surface area (Å²) in [5, 5.41) is 10.9. The van der Waals surface area contributed by atoms with Gasteiger partial charge in [0.05, 0.1) is 17.0 Å². The van der Waals surface area contributed by atoms with Crippen molar-refractivity contribution in [1.29, 1.82) is 0 Å². The van der Waals surface area contributed by atoms with Gasteiger partial charge in [0, 0.05) is 18.2 Å². The zero-order valence-electron chi connectivity index (χ0n) is 11.3. The first kappa shape index (κ1) is 15.3. The highest BCUT2D eigenvalue weighted by Gasteiger charge is 2.21. The third-order valence-electron chi connectivity index (χ3n) is 2.86. The van der Waals surface area contributed by atoms with Gasteiger partial charge in [-0.25, -0.2) is 9.37 Å². The number of aromatic nitrogens is 2. The molecule has 4 nitrogen and oxygen atoms in total. The average Bonchev–Trinajstić information content (AvgIpc) is 2.41. The molecule has 1 aromatic heterocycles. The lowest BCUT2D eigenvalue weighted by Gasteiger charge is -2.13. The van der Waals surface area contributed by atoms with E-state index in [0.717, 1.165) is 5.75 Å². The van der Waals surface area contributed by atoms with E-state index in [1.165, 1.54) is 18.9 Å². The lowest BCUT2D eigenvalue weighted by Crippen LogP contribution is -2.01. The predicted octanol–water partition coefficient (Wildman–Crippen LogP) is 3.69. The van der Waals surface area contributed by atoms with Crippen molar-refractivity contribution in [2.45, 2.75) is 25.6 Å². The summed E-state index contributed by atoms with van der Waals surface area (Å²) in [5.74, 6) is -0.0938. The summed E-state index contributed by atoms with van der Waals surface area (Å²) in [6, 6.07) is 0. The second-order valence-electron chi connectivity index (χ2n) is 4.15. The van der Waals surface area contributed by atoms with Crippen molar-refractivity contribution in [3.63, 3.8) is 0 Å². The van der Waals surface area contributed by atoms with Gasteiger partial charge in [-0.05, 0) is 12.7 Å². The van der Waals surface area contributed by atoms with E-state index in [1.54, 1.807) is 6.92 Å². The molecule has 0 fully saturated rings. The van der Waals surface area contributed by atoms with E-state index in [9.17, 15) is 9.50 Å². The van der Waals surface area contributed by atoms with Gasteiger partial charge in [-0.15, -0.1) is 0 Å². The molecule has 0 saturated carbocycles. The minimum atomic E-state index is -0.541. The van der Waals surface area contributed by atoms with E-state index >= 15 is 0 Å². The predicted molar refractivity (Wildman–Crippen MR) is 78.0 cm³/mol. The topological polar surface area (TPSA) is 55.2 Å². The van der Waals surface area contributed by atoms with Gasteiger partial charge in [0.1, 0.15) is 5.52 Å². The van der Waals surface area contributed by atoms with E-state index in [2.05, 4.69) is 9.97 Å². The quantitative estimate of drug-likeness (QED) is 0.688. The maximum atomic E-state index is 14.3. The number of halogens is 2. The lowest BCUT2D eigenvalue weighted by atomic mass is 10.1. The van der Waals surface area contributed by atoms with Crippen molar-refractivity contribution in [3.05, 3.63) is 22.0 Å². The second-order valence-corrected chi connectivity index (χ2v) is 5.76. The lowest BCUT2D eigenvalue weighted by molar-refractivity contribution is 0.185. The Morgan fingerprint density at radius 3 is 2.70 bits per heavy atom. The van der Waals surface area contributed by atoms with Crippen LogP contribution in [0.25, 0.3) is 10.9 Å². The number of fused-ring (bicyclic) bond motifs is 1. The van der Waals surface area contributed by atoms with E-state index in [1.807, 2.05) is 6.92 Å². The largest absolute Gasteiger partial charge is 0.493 e. The number of hydrogen-bond donors (Lipinski definition) is 1. The number of benzene rings is 1. The number of aromatic hydroxyl groups is 1. The molecule has 2 rings (SSSR count). The van der Waals surface area contributed by atoms with E-state index in [-0.39, 0.29) is 34.0 Å². The van der Waals surface area contributed by atoms with E-state index in [4.69, 9.17) is 16.3 Å². The van der Waals surface area contributed by atoms with Gasteiger partial charge < -0.3 is 9.84 Å². The van der Waals surface area contributed by atoms with Crippen LogP contribution < -0.4 is 0 Å². The van der Waals surface area contributed by atoms with Crippen molar-refractivity contribution in [3.8, 4) is 5.88 Å². The first-order valence-corrected chi connectivity index (χ1v) is 7.36. The van der Waals surface area contributed by atoms with Crippen molar-refractivity contribution in [2.24, 2.45) is 0 Å². The highest BCUT2D eigenvalue weighted by atomic mass is 35.5. The van der Waals surface area contributed by atoms with Crippen LogP contribution in [0.2, 0.25) is 5.02 Å². The molecule has 108 valence electrons. The summed E-state index contributed by atoms with van der Waals surface area (Å²) in [7, 11) is 1.50. The Morgan fingerprint density at radius 1 is 1.40 bits per heavy atom. The Kier molecular flexibility index (Phi) is 4.67. The number of nitrogens with zero attached hydrogens (tertiary/aromatic N) is 2. The zero-order valence-corrected chi connectivity index (χ0v) is 12.9. The smallest absolute Gasteiger partial charge is 0.223 e. The second kappa shape index (κ2) is 6.11. The maximum absolute atomic E-state index is 14.3. The molecule has 0 aliphatic heterocycles. The van der Waals surface area contributed by atoms with Crippen LogP contribution in [-0.2, 0) is 11.3 Å². The molecule has 0 amide bonds. The number of hydrogen-bond acceptors (Lipinski definition) is 5. The van der Waals surface area contributed by atoms with Crippen LogP contribution in [0.15, 0.2) is 5.16 Å². The van der Waals surface area contributed by atoms with Crippen molar-refractivity contribution < 1.29 is 14.2 Å². The minimum absolute atomic E-state index is 0.0717. The Hall–Kier alpha value is -1.11. The van der Waals surface area contributed by atoms with Gasteiger partial charge >= 0.3 is 0 Å². The fourth-order valence-corrected chi connectivity index (χ4v) is 2.75. The monoisotopic (exact) mass is 316 g/mol. The molecule has 0 aliphatic carbocycles. The van der Waals surface area contributed by atoms with Crippen LogP contribution in [0.1, 0.15) is 18.1 Å². The molecule has 0 saturated heterocycles. The highest BCUT2D eigenvalue weighted by molar-refractivity contribution is 7.99. The normalized spacial score (nSPS) is 11.2. The molecule has 0 radical (unpaired) electrons. The molecule has 0 atom stereocenters.